The lowest BCUT2D eigenvalue weighted by molar-refractivity contribution is 0.0380. The van der Waals surface area contributed by atoms with E-state index >= 15 is 0 Å². The Morgan fingerprint density at radius 2 is 2.00 bits per heavy atom. The van der Waals surface area contributed by atoms with E-state index in [-0.39, 0.29) is 0 Å². The van der Waals surface area contributed by atoms with Gasteiger partial charge in [0.15, 0.2) is 0 Å². The van der Waals surface area contributed by atoms with E-state index in [9.17, 15) is 4.39 Å². The highest BCUT2D eigenvalue weighted by atomic mass is 19.1. The summed E-state index contributed by atoms with van der Waals surface area (Å²) in [5.41, 5.74) is -1.11. The van der Waals surface area contributed by atoms with Gasteiger partial charge in [0.05, 0.1) is 13.2 Å². The van der Waals surface area contributed by atoms with Crippen molar-refractivity contribution in [2.45, 2.75) is 19.5 Å². The van der Waals surface area contributed by atoms with Gasteiger partial charge in [-0.05, 0) is 13.8 Å². The lowest BCUT2D eigenvalue weighted by atomic mass is 10.2. The highest BCUT2D eigenvalue weighted by Gasteiger charge is 2.14. The molecule has 1 heterocycles. The number of nitrogens with one attached hydrogen (secondary N) is 1. The monoisotopic (exact) mass is 204 g/mol. The largest absolute Gasteiger partial charge is 0.379 e. The molecule has 0 spiro atoms. The molecule has 0 aromatic heterocycles. The Labute approximate surface area is 85.6 Å². The number of nitrogens with zero attached hydrogens (tertiary/aromatic N) is 1. The highest BCUT2D eigenvalue weighted by molar-refractivity contribution is 4.70. The van der Waals surface area contributed by atoms with Crippen molar-refractivity contribution in [2.24, 2.45) is 0 Å². The Hall–Kier alpha value is -0.190. The van der Waals surface area contributed by atoms with Gasteiger partial charge < -0.3 is 10.1 Å². The van der Waals surface area contributed by atoms with Crippen LogP contribution >= 0.6 is 0 Å². The summed E-state index contributed by atoms with van der Waals surface area (Å²) >= 11 is 0. The molecule has 1 aliphatic rings. The van der Waals surface area contributed by atoms with Crippen LogP contribution in [-0.2, 0) is 4.74 Å². The van der Waals surface area contributed by atoms with Gasteiger partial charge in [0, 0.05) is 32.7 Å². The number of morpholine rings is 1. The minimum Gasteiger partial charge on any atom is -0.379 e. The van der Waals surface area contributed by atoms with Gasteiger partial charge in [-0.25, -0.2) is 4.39 Å². The second-order valence-corrected chi connectivity index (χ2v) is 4.35. The molecule has 84 valence electrons. The molecule has 0 aliphatic carbocycles. The minimum atomic E-state index is -1.11. The van der Waals surface area contributed by atoms with E-state index in [1.807, 2.05) is 0 Å². The molecule has 3 nitrogen and oxygen atoms in total. The summed E-state index contributed by atoms with van der Waals surface area (Å²) in [5.74, 6) is 0. The molecule has 1 aliphatic heterocycles. The molecule has 4 heteroatoms. The molecule has 1 rings (SSSR count). The number of hydrogen-bond donors (Lipinski definition) is 1. The number of alkyl halides is 1. The Kier molecular flexibility index (Phi) is 4.78. The molecule has 0 aromatic carbocycles. The van der Waals surface area contributed by atoms with E-state index in [0.717, 1.165) is 39.4 Å². The third-order valence-electron chi connectivity index (χ3n) is 2.25. The predicted octanol–water partition coefficient (Wildman–Crippen LogP) is 0.656. The van der Waals surface area contributed by atoms with Crippen molar-refractivity contribution in [1.82, 2.24) is 10.2 Å². The molecule has 0 bridgehead atoms. The minimum absolute atomic E-state index is 0.428. The molecular weight excluding hydrogens is 183 g/mol. The molecule has 0 atom stereocenters. The summed E-state index contributed by atoms with van der Waals surface area (Å²) < 4.78 is 18.3. The van der Waals surface area contributed by atoms with Crippen LogP contribution in [0.4, 0.5) is 4.39 Å². The zero-order chi connectivity index (χ0) is 10.4. The second-order valence-electron chi connectivity index (χ2n) is 4.35. The fourth-order valence-electron chi connectivity index (χ4n) is 1.45. The van der Waals surface area contributed by atoms with Gasteiger partial charge >= 0.3 is 0 Å². The Balaban J connectivity index is 1.97. The lowest BCUT2D eigenvalue weighted by Gasteiger charge is -2.27. The van der Waals surface area contributed by atoms with Gasteiger partial charge in [-0.15, -0.1) is 0 Å². The molecule has 14 heavy (non-hydrogen) atoms. The first-order valence-electron chi connectivity index (χ1n) is 5.28. The van der Waals surface area contributed by atoms with Crippen LogP contribution in [0.2, 0.25) is 0 Å². The Morgan fingerprint density at radius 3 is 2.57 bits per heavy atom. The molecule has 0 unspecified atom stereocenters. The van der Waals surface area contributed by atoms with Crippen LogP contribution in [0.15, 0.2) is 0 Å². The van der Waals surface area contributed by atoms with Crippen LogP contribution in [0.1, 0.15) is 13.8 Å². The zero-order valence-electron chi connectivity index (χ0n) is 9.18. The zero-order valence-corrected chi connectivity index (χ0v) is 9.18. The standard InChI is InChI=1S/C10H21FN2O/c1-10(2,11)9-12-3-4-13-5-7-14-8-6-13/h12H,3-9H2,1-2H3. The van der Waals surface area contributed by atoms with Crippen LogP contribution in [-0.4, -0.2) is 56.5 Å². The lowest BCUT2D eigenvalue weighted by Crippen LogP contribution is -2.42. The summed E-state index contributed by atoms with van der Waals surface area (Å²) in [5, 5.41) is 3.12. The molecule has 1 N–H and O–H groups in total. The second kappa shape index (κ2) is 5.63. The van der Waals surface area contributed by atoms with Crippen molar-refractivity contribution in [3.63, 3.8) is 0 Å². The van der Waals surface area contributed by atoms with Crippen molar-refractivity contribution in [1.29, 1.82) is 0 Å². The third kappa shape index (κ3) is 5.52. The number of ether oxygens (including phenoxy) is 1. The van der Waals surface area contributed by atoms with E-state index in [1.54, 1.807) is 13.8 Å². The normalized spacial score (nSPS) is 19.9. The van der Waals surface area contributed by atoms with Crippen molar-refractivity contribution in [3.8, 4) is 0 Å². The molecule has 0 aromatic rings. The van der Waals surface area contributed by atoms with E-state index < -0.39 is 5.67 Å². The van der Waals surface area contributed by atoms with Gasteiger partial charge in [-0.3, -0.25) is 4.90 Å². The molecule has 0 saturated carbocycles. The molecule has 0 radical (unpaired) electrons. The maximum atomic E-state index is 13.1. The van der Waals surface area contributed by atoms with Crippen LogP contribution in [0.25, 0.3) is 0 Å². The van der Waals surface area contributed by atoms with Gasteiger partial charge in [-0.1, -0.05) is 0 Å². The summed E-state index contributed by atoms with van der Waals surface area (Å²) in [6.45, 7) is 9.11. The quantitative estimate of drug-likeness (QED) is 0.666. The average molecular weight is 204 g/mol. The van der Waals surface area contributed by atoms with Crippen molar-refractivity contribution >= 4 is 0 Å². The maximum absolute atomic E-state index is 13.1. The SMILES string of the molecule is CC(C)(F)CNCCN1CCOCC1. The van der Waals surface area contributed by atoms with Gasteiger partial charge in [-0.2, -0.15) is 0 Å². The van der Waals surface area contributed by atoms with Crippen LogP contribution in [0, 0.1) is 0 Å². The fourth-order valence-corrected chi connectivity index (χ4v) is 1.45. The Bertz CT molecular complexity index is 153. The number of halogens is 1. The number of rotatable bonds is 5. The molecule has 0 amide bonds. The smallest absolute Gasteiger partial charge is 0.117 e. The van der Waals surface area contributed by atoms with Crippen LogP contribution in [0.3, 0.4) is 0 Å². The van der Waals surface area contributed by atoms with E-state index in [4.69, 9.17) is 4.74 Å². The first-order valence-corrected chi connectivity index (χ1v) is 5.28. The fraction of sp³-hybridized carbons (Fsp3) is 1.00. The first kappa shape index (κ1) is 11.9. The van der Waals surface area contributed by atoms with Crippen molar-refractivity contribution < 1.29 is 9.13 Å². The van der Waals surface area contributed by atoms with Crippen LogP contribution in [0.5, 0.6) is 0 Å². The third-order valence-corrected chi connectivity index (χ3v) is 2.25. The van der Waals surface area contributed by atoms with Crippen molar-refractivity contribution in [3.05, 3.63) is 0 Å². The summed E-state index contributed by atoms with van der Waals surface area (Å²) in [6, 6.07) is 0. The summed E-state index contributed by atoms with van der Waals surface area (Å²) in [6.07, 6.45) is 0. The number of hydrogen-bond acceptors (Lipinski definition) is 3. The maximum Gasteiger partial charge on any atom is 0.117 e. The molecular formula is C10H21FN2O. The topological polar surface area (TPSA) is 24.5 Å². The van der Waals surface area contributed by atoms with Gasteiger partial charge in [0.25, 0.3) is 0 Å². The molecule has 1 fully saturated rings. The average Bonchev–Trinajstić information content (AvgIpc) is 2.13. The summed E-state index contributed by atoms with van der Waals surface area (Å²) in [4.78, 5) is 2.34. The van der Waals surface area contributed by atoms with Gasteiger partial charge in [0.2, 0.25) is 0 Å². The highest BCUT2D eigenvalue weighted by Crippen LogP contribution is 2.04. The van der Waals surface area contributed by atoms with E-state index in [0.29, 0.717) is 6.54 Å². The summed E-state index contributed by atoms with van der Waals surface area (Å²) in [7, 11) is 0. The molecule has 1 saturated heterocycles. The first-order chi connectivity index (χ1) is 6.58. The van der Waals surface area contributed by atoms with Gasteiger partial charge in [0.1, 0.15) is 5.67 Å². The van der Waals surface area contributed by atoms with E-state index in [2.05, 4.69) is 10.2 Å². The van der Waals surface area contributed by atoms with Crippen LogP contribution < -0.4 is 5.32 Å². The predicted molar refractivity (Wildman–Crippen MR) is 55.3 cm³/mol. The van der Waals surface area contributed by atoms with E-state index in [1.165, 1.54) is 0 Å². The van der Waals surface area contributed by atoms with Crippen molar-refractivity contribution in [2.75, 3.05) is 45.9 Å². The Morgan fingerprint density at radius 1 is 1.36 bits per heavy atom.